The Bertz CT molecular complexity index is 806. The van der Waals surface area contributed by atoms with E-state index in [2.05, 4.69) is 4.90 Å². The lowest BCUT2D eigenvalue weighted by Gasteiger charge is -2.23. The third-order valence-electron chi connectivity index (χ3n) is 3.95. The lowest BCUT2D eigenvalue weighted by atomic mass is 10.2. The third kappa shape index (κ3) is 3.91. The molecule has 0 aliphatic carbocycles. The lowest BCUT2D eigenvalue weighted by molar-refractivity contribution is -0.136. The van der Waals surface area contributed by atoms with Crippen LogP contribution in [0.4, 0.5) is 5.69 Å². The molecule has 130 valence electrons. The Hall–Kier alpha value is -2.60. The number of para-hydroxylation sites is 1. The van der Waals surface area contributed by atoms with E-state index in [1.807, 2.05) is 42.5 Å². The molecule has 0 radical (unpaired) electrons. The SMILES string of the molecule is COc1cc(C=CC2Sc3ccccc3N2CCC(=O)O)ccc1O. The molecule has 0 saturated carbocycles. The van der Waals surface area contributed by atoms with E-state index >= 15 is 0 Å². The molecule has 0 aromatic heterocycles. The Morgan fingerprint density at radius 3 is 2.88 bits per heavy atom. The zero-order chi connectivity index (χ0) is 17.8. The number of ether oxygens (including phenoxy) is 1. The maximum Gasteiger partial charge on any atom is 0.305 e. The summed E-state index contributed by atoms with van der Waals surface area (Å²) in [6.07, 6.45) is 4.09. The van der Waals surface area contributed by atoms with Gasteiger partial charge in [-0.2, -0.15) is 0 Å². The van der Waals surface area contributed by atoms with E-state index in [-0.39, 0.29) is 17.5 Å². The summed E-state index contributed by atoms with van der Waals surface area (Å²) in [5.74, 6) is -0.280. The maximum atomic E-state index is 11.0. The number of phenols is 1. The number of carboxylic acid groups (broad SMARTS) is 1. The highest BCUT2D eigenvalue weighted by atomic mass is 32.2. The number of carboxylic acids is 1. The largest absolute Gasteiger partial charge is 0.504 e. The molecule has 2 aromatic rings. The van der Waals surface area contributed by atoms with Crippen LogP contribution >= 0.6 is 11.8 Å². The second kappa shape index (κ2) is 7.53. The first kappa shape index (κ1) is 17.2. The molecule has 25 heavy (non-hydrogen) atoms. The zero-order valence-electron chi connectivity index (χ0n) is 13.8. The van der Waals surface area contributed by atoms with E-state index in [9.17, 15) is 9.90 Å². The van der Waals surface area contributed by atoms with Crippen LogP contribution in [0.1, 0.15) is 12.0 Å². The smallest absolute Gasteiger partial charge is 0.305 e. The van der Waals surface area contributed by atoms with Gasteiger partial charge in [0.15, 0.2) is 11.5 Å². The average Bonchev–Trinajstić information content (AvgIpc) is 2.96. The highest BCUT2D eigenvalue weighted by Gasteiger charge is 2.28. The van der Waals surface area contributed by atoms with Crippen molar-refractivity contribution in [1.29, 1.82) is 0 Å². The maximum absolute atomic E-state index is 11.0. The average molecular weight is 357 g/mol. The van der Waals surface area contributed by atoms with E-state index in [0.29, 0.717) is 12.3 Å². The predicted octanol–water partition coefficient (Wildman–Crippen LogP) is 3.83. The Balaban J connectivity index is 1.81. The number of anilines is 1. The van der Waals surface area contributed by atoms with E-state index < -0.39 is 5.97 Å². The minimum Gasteiger partial charge on any atom is -0.504 e. The summed E-state index contributed by atoms with van der Waals surface area (Å²) in [7, 11) is 1.51. The second-order valence-electron chi connectivity index (χ2n) is 5.60. The van der Waals surface area contributed by atoms with Crippen LogP contribution in [0.5, 0.6) is 11.5 Å². The summed E-state index contributed by atoms with van der Waals surface area (Å²) < 4.78 is 5.13. The first-order valence-corrected chi connectivity index (χ1v) is 8.76. The van der Waals surface area contributed by atoms with Gasteiger partial charge in [-0.1, -0.05) is 42.1 Å². The minimum absolute atomic E-state index is 0.0246. The van der Waals surface area contributed by atoms with Gasteiger partial charge in [-0.25, -0.2) is 0 Å². The fourth-order valence-corrected chi connectivity index (χ4v) is 3.95. The van der Waals surface area contributed by atoms with Gasteiger partial charge < -0.3 is 19.8 Å². The quantitative estimate of drug-likeness (QED) is 0.819. The first-order chi connectivity index (χ1) is 12.1. The number of rotatable bonds is 6. The Morgan fingerprint density at radius 2 is 2.12 bits per heavy atom. The number of methoxy groups -OCH3 is 1. The molecular weight excluding hydrogens is 338 g/mol. The van der Waals surface area contributed by atoms with Crippen LogP contribution in [0.15, 0.2) is 53.4 Å². The number of thioether (sulfide) groups is 1. The number of aromatic hydroxyl groups is 1. The van der Waals surface area contributed by atoms with Crippen LogP contribution in [0.3, 0.4) is 0 Å². The van der Waals surface area contributed by atoms with Gasteiger partial charge in [0.2, 0.25) is 0 Å². The number of hydrogen-bond acceptors (Lipinski definition) is 5. The molecule has 5 nitrogen and oxygen atoms in total. The number of fused-ring (bicyclic) bond motifs is 1. The number of carbonyl (C=O) groups is 1. The number of benzene rings is 2. The second-order valence-corrected chi connectivity index (χ2v) is 6.76. The molecule has 1 aliphatic heterocycles. The molecule has 6 heteroatoms. The van der Waals surface area contributed by atoms with Crippen molar-refractivity contribution in [2.24, 2.45) is 0 Å². The van der Waals surface area contributed by atoms with Crippen molar-refractivity contribution in [3.8, 4) is 11.5 Å². The molecule has 0 bridgehead atoms. The first-order valence-electron chi connectivity index (χ1n) is 7.88. The van der Waals surface area contributed by atoms with Crippen molar-refractivity contribution in [3.05, 3.63) is 54.1 Å². The minimum atomic E-state index is -0.805. The van der Waals surface area contributed by atoms with Gasteiger partial charge in [0, 0.05) is 11.4 Å². The van der Waals surface area contributed by atoms with Gasteiger partial charge in [0.05, 0.1) is 24.6 Å². The van der Waals surface area contributed by atoms with Crippen molar-refractivity contribution in [3.63, 3.8) is 0 Å². The molecule has 0 spiro atoms. The molecule has 2 aromatic carbocycles. The summed E-state index contributed by atoms with van der Waals surface area (Å²) in [4.78, 5) is 14.2. The molecule has 3 rings (SSSR count). The summed E-state index contributed by atoms with van der Waals surface area (Å²) in [5.41, 5.74) is 1.97. The van der Waals surface area contributed by atoms with Crippen LogP contribution in [-0.2, 0) is 4.79 Å². The van der Waals surface area contributed by atoms with Gasteiger partial charge in [0.1, 0.15) is 0 Å². The van der Waals surface area contributed by atoms with Gasteiger partial charge in [-0.3, -0.25) is 4.79 Å². The summed E-state index contributed by atoms with van der Waals surface area (Å²) in [6, 6.07) is 13.2. The van der Waals surface area contributed by atoms with Crippen molar-refractivity contribution in [2.45, 2.75) is 16.7 Å². The fraction of sp³-hybridized carbons (Fsp3) is 0.211. The standard InChI is InChI=1S/C19H19NO4S/c1-24-16-12-13(6-8-15(16)21)7-9-18-20(11-10-19(22)23)14-4-2-3-5-17(14)25-18/h2-9,12,18,21H,10-11H2,1H3,(H,22,23). The van der Waals surface area contributed by atoms with Crippen LogP contribution in [0.2, 0.25) is 0 Å². The van der Waals surface area contributed by atoms with Crippen molar-refractivity contribution < 1.29 is 19.7 Å². The highest BCUT2D eigenvalue weighted by molar-refractivity contribution is 8.00. The third-order valence-corrected chi connectivity index (χ3v) is 5.21. The monoisotopic (exact) mass is 357 g/mol. The van der Waals surface area contributed by atoms with Crippen LogP contribution in [0.25, 0.3) is 6.08 Å². The topological polar surface area (TPSA) is 70.0 Å². The van der Waals surface area contributed by atoms with E-state index in [1.165, 1.54) is 7.11 Å². The van der Waals surface area contributed by atoms with Crippen LogP contribution < -0.4 is 9.64 Å². The molecule has 2 N–H and O–H groups in total. The molecule has 1 aliphatic rings. The molecule has 0 amide bonds. The van der Waals surface area contributed by atoms with Gasteiger partial charge in [0.25, 0.3) is 0 Å². The Labute approximate surface area is 150 Å². The van der Waals surface area contributed by atoms with E-state index in [4.69, 9.17) is 9.84 Å². The summed E-state index contributed by atoms with van der Waals surface area (Å²) in [5, 5.41) is 18.7. The lowest BCUT2D eigenvalue weighted by Crippen LogP contribution is -2.30. The van der Waals surface area contributed by atoms with Crippen molar-refractivity contribution in [1.82, 2.24) is 0 Å². The number of phenolic OH excluding ortho intramolecular Hbond substituents is 1. The number of hydrogen-bond donors (Lipinski definition) is 2. The van der Waals surface area contributed by atoms with Crippen LogP contribution in [-0.4, -0.2) is 35.2 Å². The predicted molar refractivity (Wildman–Crippen MR) is 99.4 cm³/mol. The summed E-state index contributed by atoms with van der Waals surface area (Å²) >= 11 is 1.69. The highest BCUT2D eigenvalue weighted by Crippen LogP contribution is 2.44. The van der Waals surface area contributed by atoms with Gasteiger partial charge in [-0.15, -0.1) is 0 Å². The normalized spacial score (nSPS) is 16.2. The molecule has 0 saturated heterocycles. The molecular formula is C19H19NO4S. The Kier molecular flexibility index (Phi) is 5.19. The van der Waals surface area contributed by atoms with Gasteiger partial charge in [-0.05, 0) is 29.8 Å². The summed E-state index contributed by atoms with van der Waals surface area (Å²) in [6.45, 7) is 0.452. The zero-order valence-corrected chi connectivity index (χ0v) is 14.6. The van der Waals surface area contributed by atoms with Crippen molar-refractivity contribution in [2.75, 3.05) is 18.6 Å². The molecule has 1 heterocycles. The molecule has 1 atom stereocenters. The number of aliphatic carboxylic acids is 1. The molecule has 1 unspecified atom stereocenters. The molecule has 0 fully saturated rings. The van der Waals surface area contributed by atoms with Crippen LogP contribution in [0, 0.1) is 0 Å². The van der Waals surface area contributed by atoms with E-state index in [1.54, 1.807) is 23.9 Å². The number of nitrogens with zero attached hydrogens (tertiary/aromatic N) is 1. The Morgan fingerprint density at radius 1 is 1.32 bits per heavy atom. The van der Waals surface area contributed by atoms with Gasteiger partial charge >= 0.3 is 5.97 Å². The van der Waals surface area contributed by atoms with Crippen molar-refractivity contribution >= 4 is 29.5 Å². The van der Waals surface area contributed by atoms with E-state index in [0.717, 1.165) is 16.1 Å². The fourth-order valence-electron chi connectivity index (χ4n) is 2.72.